The number of rotatable bonds is 9. The van der Waals surface area contributed by atoms with Gasteiger partial charge < -0.3 is 19.3 Å². The third kappa shape index (κ3) is 7.30. The molecule has 4 aromatic rings. The molecule has 1 aromatic carbocycles. The number of carbonyl (C=O) groups excluding carboxylic acids is 3. The predicted octanol–water partition coefficient (Wildman–Crippen LogP) is 6.78. The number of ether oxygens (including phenoxy) is 2. The number of benzene rings is 1. The van der Waals surface area contributed by atoms with E-state index >= 15 is 4.39 Å². The van der Waals surface area contributed by atoms with Crippen molar-refractivity contribution in [3.8, 4) is 22.1 Å². The van der Waals surface area contributed by atoms with Crippen LogP contribution in [0.4, 0.5) is 9.18 Å². The van der Waals surface area contributed by atoms with Gasteiger partial charge in [-0.3, -0.25) is 19.6 Å². The third-order valence-corrected chi connectivity index (χ3v) is 8.90. The Labute approximate surface area is 265 Å². The molecule has 0 bridgehead atoms. The van der Waals surface area contributed by atoms with Gasteiger partial charge in [-0.25, -0.2) is 9.18 Å². The molecule has 0 aliphatic carbocycles. The van der Waals surface area contributed by atoms with Crippen molar-refractivity contribution in [2.24, 2.45) is 5.92 Å². The summed E-state index contributed by atoms with van der Waals surface area (Å²) in [5, 5.41) is 0. The zero-order valence-corrected chi connectivity index (χ0v) is 26.4. The van der Waals surface area contributed by atoms with Crippen LogP contribution in [0, 0.1) is 11.7 Å². The van der Waals surface area contributed by atoms with Crippen molar-refractivity contribution < 1.29 is 28.2 Å². The number of aromatic nitrogens is 2. The molecule has 0 spiro atoms. The minimum absolute atomic E-state index is 0.00922. The fourth-order valence-corrected chi connectivity index (χ4v) is 6.57. The summed E-state index contributed by atoms with van der Waals surface area (Å²) in [6, 6.07) is 12.1. The average molecular weight is 631 g/mol. The van der Waals surface area contributed by atoms with Gasteiger partial charge in [0.25, 0.3) is 0 Å². The van der Waals surface area contributed by atoms with Crippen LogP contribution in [0.15, 0.2) is 54.9 Å². The number of pyridine rings is 2. The quantitative estimate of drug-likeness (QED) is 0.201. The van der Waals surface area contributed by atoms with Gasteiger partial charge in [-0.1, -0.05) is 12.1 Å². The molecule has 234 valence electrons. The number of halogens is 1. The van der Waals surface area contributed by atoms with Gasteiger partial charge in [-0.2, -0.15) is 0 Å². The van der Waals surface area contributed by atoms with Crippen molar-refractivity contribution >= 4 is 39.3 Å². The molecule has 0 atom stereocenters. The Morgan fingerprint density at radius 1 is 1.04 bits per heavy atom. The van der Waals surface area contributed by atoms with Crippen LogP contribution in [0.5, 0.6) is 11.5 Å². The van der Waals surface area contributed by atoms with E-state index in [0.717, 1.165) is 33.8 Å². The molecule has 2 aliphatic heterocycles. The first kappa shape index (κ1) is 30.6. The summed E-state index contributed by atoms with van der Waals surface area (Å²) in [7, 11) is 0. The van der Waals surface area contributed by atoms with Crippen LogP contribution in [-0.4, -0.2) is 62.8 Å². The Kier molecular flexibility index (Phi) is 8.54. The largest absolute Gasteiger partial charge is 0.453 e. The third-order valence-electron chi connectivity index (χ3n) is 7.74. The van der Waals surface area contributed by atoms with Crippen molar-refractivity contribution in [2.75, 3.05) is 19.6 Å². The number of hydrogen-bond acceptors (Lipinski definition) is 8. The first-order valence-corrected chi connectivity index (χ1v) is 15.9. The number of hydrogen-bond donors (Lipinski definition) is 0. The van der Waals surface area contributed by atoms with E-state index in [9.17, 15) is 14.4 Å². The van der Waals surface area contributed by atoms with Crippen molar-refractivity contribution in [3.05, 3.63) is 71.8 Å². The number of carbonyl (C=O) groups is 3. The highest BCUT2D eigenvalue weighted by molar-refractivity contribution is 7.22. The number of Topliss-reactive ketones (excluding diaryl/α,β-unsaturated/α-hetero) is 1. The molecule has 2 aliphatic rings. The lowest BCUT2D eigenvalue weighted by molar-refractivity contribution is -0.128. The smallest absolute Gasteiger partial charge is 0.410 e. The van der Waals surface area contributed by atoms with Gasteiger partial charge in [0, 0.05) is 69.8 Å². The van der Waals surface area contributed by atoms with Gasteiger partial charge in [-0.15, -0.1) is 11.3 Å². The van der Waals surface area contributed by atoms with Gasteiger partial charge in [0.2, 0.25) is 5.91 Å². The Morgan fingerprint density at radius 2 is 1.84 bits per heavy atom. The van der Waals surface area contributed by atoms with Gasteiger partial charge in [0.15, 0.2) is 11.6 Å². The van der Waals surface area contributed by atoms with Crippen LogP contribution >= 0.6 is 11.3 Å². The SMILES string of the molecule is CC(C)(C)OC(=O)N1CC(CC(=O)Cc2ccc(Oc3ccnc4cc(-c5ccc(CN6CCCC6=O)cn5)sc34)c(F)c2)C1. The second-order valence-electron chi connectivity index (χ2n) is 12.6. The number of nitrogens with zero attached hydrogens (tertiary/aromatic N) is 4. The molecule has 9 nitrogen and oxygen atoms in total. The van der Waals surface area contributed by atoms with Crippen molar-refractivity contribution in [1.29, 1.82) is 0 Å². The normalized spacial score (nSPS) is 15.4. The molecular formula is C34H35FN4O5S. The molecule has 6 rings (SSSR count). The van der Waals surface area contributed by atoms with Crippen LogP contribution in [0.3, 0.4) is 0 Å². The van der Waals surface area contributed by atoms with Crippen LogP contribution in [0.1, 0.15) is 51.2 Å². The Bertz CT molecular complexity index is 1740. The van der Waals surface area contributed by atoms with E-state index in [1.54, 1.807) is 29.4 Å². The lowest BCUT2D eigenvalue weighted by atomic mass is 9.92. The summed E-state index contributed by atoms with van der Waals surface area (Å²) in [4.78, 5) is 50.2. The van der Waals surface area contributed by atoms with E-state index < -0.39 is 11.4 Å². The zero-order chi connectivity index (χ0) is 31.7. The average Bonchev–Trinajstić information content (AvgIpc) is 3.58. The molecule has 2 amide bonds. The second kappa shape index (κ2) is 12.5. The van der Waals surface area contributed by atoms with E-state index in [1.807, 2.05) is 43.9 Å². The van der Waals surface area contributed by atoms with Gasteiger partial charge in [0.1, 0.15) is 17.1 Å². The summed E-state index contributed by atoms with van der Waals surface area (Å²) in [6.07, 6.45) is 4.98. The predicted molar refractivity (Wildman–Crippen MR) is 169 cm³/mol. The molecule has 0 unspecified atom stereocenters. The molecule has 11 heteroatoms. The highest BCUT2D eigenvalue weighted by Gasteiger charge is 2.34. The minimum Gasteiger partial charge on any atom is -0.453 e. The number of ketones is 1. The van der Waals surface area contributed by atoms with E-state index in [0.29, 0.717) is 49.3 Å². The summed E-state index contributed by atoms with van der Waals surface area (Å²) in [5.74, 6) is 0.221. The Hall–Kier alpha value is -4.38. The summed E-state index contributed by atoms with van der Waals surface area (Å²) in [5.41, 5.74) is 2.47. The van der Waals surface area contributed by atoms with E-state index in [4.69, 9.17) is 9.47 Å². The fraction of sp³-hybridized carbons (Fsp3) is 0.382. The van der Waals surface area contributed by atoms with Crippen molar-refractivity contribution in [3.63, 3.8) is 0 Å². The molecule has 2 fully saturated rings. The van der Waals surface area contributed by atoms with E-state index in [1.165, 1.54) is 23.5 Å². The van der Waals surface area contributed by atoms with E-state index in [-0.39, 0.29) is 35.9 Å². The number of thiophene rings is 1. The molecule has 0 saturated carbocycles. The highest BCUT2D eigenvalue weighted by Crippen LogP contribution is 2.39. The molecule has 5 heterocycles. The number of amides is 2. The Balaban J connectivity index is 1.06. The Morgan fingerprint density at radius 3 is 2.53 bits per heavy atom. The standard InChI is InChI=1S/C34H35FN4O5S/c1-34(2,3)44-33(42)39-19-23(20-39)14-24(40)13-21-7-9-28(25(35)15-21)43-29-10-11-36-27-16-30(45-32(27)29)26-8-6-22(17-37-26)18-38-12-4-5-31(38)41/h6-11,15-17,23H,4-5,12-14,18-20H2,1-3H3. The van der Waals surface area contributed by atoms with Crippen LogP contribution < -0.4 is 4.74 Å². The van der Waals surface area contributed by atoms with Gasteiger partial charge in [0.05, 0.1) is 20.8 Å². The molecule has 0 N–H and O–H groups in total. The van der Waals surface area contributed by atoms with Crippen LogP contribution in [0.2, 0.25) is 0 Å². The van der Waals surface area contributed by atoms with Gasteiger partial charge >= 0.3 is 6.09 Å². The first-order chi connectivity index (χ1) is 21.5. The maximum Gasteiger partial charge on any atom is 0.410 e. The molecule has 2 saturated heterocycles. The molecule has 45 heavy (non-hydrogen) atoms. The lowest BCUT2D eigenvalue weighted by Gasteiger charge is -2.39. The first-order valence-electron chi connectivity index (χ1n) is 15.1. The maximum atomic E-state index is 15.1. The highest BCUT2D eigenvalue weighted by atomic mass is 32.1. The van der Waals surface area contributed by atoms with Crippen molar-refractivity contribution in [2.45, 2.75) is 58.6 Å². The molecule has 0 radical (unpaired) electrons. The van der Waals surface area contributed by atoms with Crippen LogP contribution in [-0.2, 0) is 27.3 Å². The zero-order valence-electron chi connectivity index (χ0n) is 25.5. The number of fused-ring (bicyclic) bond motifs is 1. The fourth-order valence-electron chi connectivity index (χ4n) is 5.53. The van der Waals surface area contributed by atoms with Crippen LogP contribution in [0.25, 0.3) is 20.8 Å². The molecular weight excluding hydrogens is 595 g/mol. The maximum absolute atomic E-state index is 15.1. The summed E-state index contributed by atoms with van der Waals surface area (Å²) < 4.78 is 27.3. The number of likely N-dealkylation sites (tertiary alicyclic amines) is 2. The van der Waals surface area contributed by atoms with Gasteiger partial charge in [-0.05, 0) is 62.6 Å². The summed E-state index contributed by atoms with van der Waals surface area (Å²) in [6.45, 7) is 7.76. The minimum atomic E-state index is -0.560. The van der Waals surface area contributed by atoms with E-state index in [2.05, 4.69) is 9.97 Å². The van der Waals surface area contributed by atoms with Crippen molar-refractivity contribution in [1.82, 2.24) is 19.8 Å². The lowest BCUT2D eigenvalue weighted by Crippen LogP contribution is -2.52. The topological polar surface area (TPSA) is 102 Å². The second-order valence-corrected chi connectivity index (χ2v) is 13.7. The summed E-state index contributed by atoms with van der Waals surface area (Å²) >= 11 is 1.46. The monoisotopic (exact) mass is 630 g/mol. The molecule has 3 aromatic heterocycles.